The van der Waals surface area contributed by atoms with Crippen molar-refractivity contribution >= 4 is 28.9 Å². The summed E-state index contributed by atoms with van der Waals surface area (Å²) in [6, 6.07) is 25.4. The Kier molecular flexibility index (Phi) is 6.58. The van der Waals surface area contributed by atoms with Gasteiger partial charge in [0.05, 0.1) is 24.6 Å². The average Bonchev–Trinajstić information content (AvgIpc) is 2.75. The highest BCUT2D eigenvalue weighted by Crippen LogP contribution is 2.17. The molecule has 3 rings (SSSR count). The normalized spacial score (nSPS) is 9.90. The number of benzene rings is 3. The van der Waals surface area contributed by atoms with Gasteiger partial charge >= 0.3 is 0 Å². The molecule has 0 aliphatic rings. The minimum absolute atomic E-state index is 0.00950. The molecule has 144 valence electrons. The molecular formula is C23H20N4O2. The van der Waals surface area contributed by atoms with E-state index in [4.69, 9.17) is 5.26 Å². The van der Waals surface area contributed by atoms with Crippen molar-refractivity contribution in [3.05, 3.63) is 90.0 Å². The Morgan fingerprint density at radius 3 is 2.17 bits per heavy atom. The summed E-state index contributed by atoms with van der Waals surface area (Å²) in [7, 11) is 0. The molecule has 6 nitrogen and oxygen atoms in total. The van der Waals surface area contributed by atoms with Crippen molar-refractivity contribution in [2.75, 3.05) is 22.5 Å². The third-order valence-electron chi connectivity index (χ3n) is 4.16. The molecule has 0 aromatic heterocycles. The molecular weight excluding hydrogens is 364 g/mol. The smallest absolute Gasteiger partial charge is 0.257 e. The molecule has 3 N–H and O–H groups in total. The van der Waals surface area contributed by atoms with Gasteiger partial charge in [0.25, 0.3) is 5.91 Å². The number of carbonyl (C=O) groups is 2. The second-order valence-corrected chi connectivity index (χ2v) is 6.30. The van der Waals surface area contributed by atoms with Gasteiger partial charge in [-0.2, -0.15) is 5.26 Å². The summed E-state index contributed by atoms with van der Waals surface area (Å²) in [5.74, 6) is -0.496. The maximum Gasteiger partial charge on any atom is 0.257 e. The van der Waals surface area contributed by atoms with Crippen LogP contribution in [0.1, 0.15) is 15.9 Å². The first-order valence-corrected chi connectivity index (χ1v) is 9.11. The Morgan fingerprint density at radius 2 is 1.45 bits per heavy atom. The molecule has 0 atom stereocenters. The topological polar surface area (TPSA) is 94.0 Å². The van der Waals surface area contributed by atoms with Gasteiger partial charge in [0.2, 0.25) is 5.91 Å². The van der Waals surface area contributed by atoms with Crippen molar-refractivity contribution in [1.29, 1.82) is 5.26 Å². The van der Waals surface area contributed by atoms with Crippen LogP contribution in [0.3, 0.4) is 0 Å². The maximum atomic E-state index is 12.6. The number of carbonyl (C=O) groups excluding carboxylic acids is 2. The number of hydrogen-bond acceptors (Lipinski definition) is 4. The summed E-state index contributed by atoms with van der Waals surface area (Å²) in [6.07, 6.45) is 0.331. The fourth-order valence-corrected chi connectivity index (χ4v) is 2.73. The van der Waals surface area contributed by atoms with Crippen LogP contribution in [0.15, 0.2) is 78.9 Å². The van der Waals surface area contributed by atoms with Crippen molar-refractivity contribution in [1.82, 2.24) is 0 Å². The summed E-state index contributed by atoms with van der Waals surface area (Å²) < 4.78 is 0. The first-order valence-electron chi connectivity index (χ1n) is 9.11. The van der Waals surface area contributed by atoms with Crippen LogP contribution in [0.2, 0.25) is 0 Å². The highest BCUT2D eigenvalue weighted by Gasteiger charge is 2.12. The van der Waals surface area contributed by atoms with Crippen LogP contribution in [0.5, 0.6) is 0 Å². The van der Waals surface area contributed by atoms with E-state index in [9.17, 15) is 9.59 Å². The standard InChI is InChI=1S/C23H20N4O2/c24-15-14-17-10-12-19(13-11-17)26-22(28)16-25-21-9-5-4-8-20(21)23(29)27-18-6-2-1-3-7-18/h1-13,25H,14,16H2,(H,26,28)(H,27,29). The van der Waals surface area contributed by atoms with E-state index in [0.29, 0.717) is 29.0 Å². The quantitative estimate of drug-likeness (QED) is 0.573. The van der Waals surface area contributed by atoms with Gasteiger partial charge < -0.3 is 16.0 Å². The second-order valence-electron chi connectivity index (χ2n) is 6.30. The molecule has 0 unspecified atom stereocenters. The lowest BCUT2D eigenvalue weighted by molar-refractivity contribution is -0.114. The first-order chi connectivity index (χ1) is 14.2. The van der Waals surface area contributed by atoms with E-state index >= 15 is 0 Å². The molecule has 0 aliphatic carbocycles. The molecule has 0 heterocycles. The number of amides is 2. The molecule has 6 heteroatoms. The largest absolute Gasteiger partial charge is 0.376 e. The van der Waals surface area contributed by atoms with Crippen LogP contribution in [-0.4, -0.2) is 18.4 Å². The minimum atomic E-state index is -0.257. The van der Waals surface area contributed by atoms with Gasteiger partial charge in [-0.25, -0.2) is 0 Å². The fraction of sp³-hybridized carbons (Fsp3) is 0.0870. The van der Waals surface area contributed by atoms with Crippen molar-refractivity contribution in [3.8, 4) is 6.07 Å². The molecule has 0 saturated carbocycles. The Labute approximate surface area is 169 Å². The van der Waals surface area contributed by atoms with Crippen LogP contribution in [0.25, 0.3) is 0 Å². The van der Waals surface area contributed by atoms with Crippen LogP contribution in [0.4, 0.5) is 17.1 Å². The Balaban J connectivity index is 1.59. The van der Waals surface area contributed by atoms with Crippen molar-refractivity contribution in [2.24, 2.45) is 0 Å². The Hall–Kier alpha value is -4.11. The highest BCUT2D eigenvalue weighted by molar-refractivity contribution is 6.08. The van der Waals surface area contributed by atoms with E-state index in [-0.39, 0.29) is 18.4 Å². The van der Waals surface area contributed by atoms with E-state index in [2.05, 4.69) is 22.0 Å². The third-order valence-corrected chi connectivity index (χ3v) is 4.16. The predicted octanol–water partition coefficient (Wildman–Crippen LogP) is 4.06. The molecule has 0 spiro atoms. The molecule has 3 aromatic carbocycles. The molecule has 0 radical (unpaired) electrons. The summed E-state index contributed by atoms with van der Waals surface area (Å²) in [6.45, 7) is 0.00950. The molecule has 0 fully saturated rings. The van der Waals surface area contributed by atoms with E-state index in [1.807, 2.05) is 30.3 Å². The zero-order valence-corrected chi connectivity index (χ0v) is 15.7. The lowest BCUT2D eigenvalue weighted by Crippen LogP contribution is -2.23. The number of nitriles is 1. The van der Waals surface area contributed by atoms with Crippen molar-refractivity contribution in [3.63, 3.8) is 0 Å². The summed E-state index contributed by atoms with van der Waals surface area (Å²) >= 11 is 0. The molecule has 0 bridgehead atoms. The summed E-state index contributed by atoms with van der Waals surface area (Å²) in [5.41, 5.74) is 3.26. The third kappa shape index (κ3) is 5.68. The SMILES string of the molecule is N#CCc1ccc(NC(=O)CNc2ccccc2C(=O)Nc2ccccc2)cc1. The van der Waals surface area contributed by atoms with Crippen LogP contribution >= 0.6 is 0 Å². The maximum absolute atomic E-state index is 12.6. The molecule has 0 saturated heterocycles. The first kappa shape index (κ1) is 19.6. The zero-order valence-electron chi connectivity index (χ0n) is 15.7. The molecule has 29 heavy (non-hydrogen) atoms. The average molecular weight is 384 g/mol. The van der Waals surface area contributed by atoms with Gasteiger partial charge in [-0.15, -0.1) is 0 Å². The molecule has 3 aromatic rings. The van der Waals surface area contributed by atoms with Crippen LogP contribution in [0, 0.1) is 11.3 Å². The van der Waals surface area contributed by atoms with Gasteiger partial charge in [-0.1, -0.05) is 42.5 Å². The van der Waals surface area contributed by atoms with Gasteiger partial charge in [0, 0.05) is 17.1 Å². The number of hydrogen-bond donors (Lipinski definition) is 3. The van der Waals surface area contributed by atoms with E-state index in [1.165, 1.54) is 0 Å². The molecule has 2 amide bonds. The minimum Gasteiger partial charge on any atom is -0.376 e. The Bertz CT molecular complexity index is 1020. The van der Waals surface area contributed by atoms with E-state index in [0.717, 1.165) is 5.56 Å². The second kappa shape index (κ2) is 9.72. The lowest BCUT2D eigenvalue weighted by atomic mass is 10.1. The number of nitrogens with zero attached hydrogens (tertiary/aromatic N) is 1. The van der Waals surface area contributed by atoms with Gasteiger partial charge in [0.1, 0.15) is 0 Å². The van der Waals surface area contributed by atoms with E-state index < -0.39 is 0 Å². The van der Waals surface area contributed by atoms with Crippen molar-refractivity contribution in [2.45, 2.75) is 6.42 Å². The fourth-order valence-electron chi connectivity index (χ4n) is 2.73. The lowest BCUT2D eigenvalue weighted by Gasteiger charge is -2.12. The highest BCUT2D eigenvalue weighted by atomic mass is 16.2. The van der Waals surface area contributed by atoms with Crippen LogP contribution < -0.4 is 16.0 Å². The summed E-state index contributed by atoms with van der Waals surface area (Å²) in [5, 5.41) is 17.3. The number of nitrogens with one attached hydrogen (secondary N) is 3. The Morgan fingerprint density at radius 1 is 0.793 bits per heavy atom. The number of para-hydroxylation sites is 2. The van der Waals surface area contributed by atoms with E-state index in [1.54, 1.807) is 48.5 Å². The number of anilines is 3. The summed E-state index contributed by atoms with van der Waals surface area (Å²) in [4.78, 5) is 24.8. The predicted molar refractivity (Wildman–Crippen MR) is 114 cm³/mol. The monoisotopic (exact) mass is 384 g/mol. The number of rotatable bonds is 7. The molecule has 0 aliphatic heterocycles. The zero-order chi connectivity index (χ0) is 20.5. The van der Waals surface area contributed by atoms with Gasteiger partial charge in [-0.3, -0.25) is 9.59 Å². The van der Waals surface area contributed by atoms with Crippen molar-refractivity contribution < 1.29 is 9.59 Å². The van der Waals surface area contributed by atoms with Gasteiger partial charge in [0.15, 0.2) is 0 Å². The van der Waals surface area contributed by atoms with Gasteiger partial charge in [-0.05, 0) is 42.0 Å². The van der Waals surface area contributed by atoms with Crippen LogP contribution in [-0.2, 0) is 11.2 Å².